The van der Waals surface area contributed by atoms with Crippen molar-refractivity contribution < 1.29 is 0 Å². The zero-order valence-corrected chi connectivity index (χ0v) is 24.0. The number of likely N-dealkylation sites (tertiary alicyclic amines) is 1. The number of piperidine rings is 1. The molecule has 13 heteroatoms. The Hall–Kier alpha value is -5.74. The van der Waals surface area contributed by atoms with E-state index in [9.17, 15) is 0 Å². The van der Waals surface area contributed by atoms with Crippen LogP contribution < -0.4 is 11.1 Å². The summed E-state index contributed by atoms with van der Waals surface area (Å²) in [5.41, 5.74) is 10.6. The Balaban J connectivity index is 1.13. The minimum Gasteiger partial charge on any atom is -0.383 e. The fraction of sp³-hybridized carbons (Fsp3) is 0.226. The van der Waals surface area contributed by atoms with Crippen LogP contribution in [0.2, 0.25) is 0 Å². The van der Waals surface area contributed by atoms with Crippen molar-refractivity contribution >= 4 is 22.8 Å². The zero-order chi connectivity index (χ0) is 30.0. The molecule has 6 heterocycles. The third kappa shape index (κ3) is 5.30. The van der Waals surface area contributed by atoms with Crippen molar-refractivity contribution in [1.82, 2.24) is 49.2 Å². The van der Waals surface area contributed by atoms with Gasteiger partial charge in [0, 0.05) is 43.8 Å². The van der Waals surface area contributed by atoms with Crippen LogP contribution in [0.1, 0.15) is 30.1 Å². The number of nitrogens with one attached hydrogen (secondary N) is 1. The Labute approximate surface area is 253 Å². The number of rotatable bonds is 7. The Morgan fingerprint density at radius 1 is 0.977 bits per heavy atom. The molecular formula is C31H29N13. The topological polar surface area (TPSA) is 165 Å². The molecule has 1 aliphatic rings. The van der Waals surface area contributed by atoms with E-state index in [4.69, 9.17) is 21.0 Å². The monoisotopic (exact) mass is 583 g/mol. The number of benzene rings is 1. The van der Waals surface area contributed by atoms with Gasteiger partial charge in [-0.1, -0.05) is 12.1 Å². The van der Waals surface area contributed by atoms with Crippen LogP contribution in [0.4, 0.5) is 11.6 Å². The van der Waals surface area contributed by atoms with Crippen molar-refractivity contribution in [3.8, 4) is 29.0 Å². The van der Waals surface area contributed by atoms with E-state index in [-0.39, 0.29) is 5.82 Å². The average molecular weight is 584 g/mol. The molecule has 0 amide bonds. The first-order valence-corrected chi connectivity index (χ1v) is 14.3. The maximum Gasteiger partial charge on any atom is 0.234 e. The quantitative estimate of drug-likeness (QED) is 0.281. The van der Waals surface area contributed by atoms with Crippen LogP contribution in [0.15, 0.2) is 73.3 Å². The number of pyridine rings is 2. The first-order valence-electron chi connectivity index (χ1n) is 14.3. The summed E-state index contributed by atoms with van der Waals surface area (Å²) in [7, 11) is 0. The molecule has 0 aliphatic carbocycles. The van der Waals surface area contributed by atoms with Gasteiger partial charge in [0.25, 0.3) is 0 Å². The summed E-state index contributed by atoms with van der Waals surface area (Å²) >= 11 is 0. The normalized spacial score (nSPS) is 14.1. The van der Waals surface area contributed by atoms with E-state index in [1.165, 1.54) is 5.56 Å². The Morgan fingerprint density at radius 2 is 1.82 bits per heavy atom. The van der Waals surface area contributed by atoms with E-state index in [2.05, 4.69) is 59.6 Å². The van der Waals surface area contributed by atoms with Crippen molar-refractivity contribution in [2.24, 2.45) is 0 Å². The highest BCUT2D eigenvalue weighted by molar-refractivity contribution is 5.83. The number of nitriles is 1. The first kappa shape index (κ1) is 27.1. The lowest BCUT2D eigenvalue weighted by Gasteiger charge is -2.32. The molecule has 0 radical (unpaired) electrons. The van der Waals surface area contributed by atoms with Gasteiger partial charge in [0.15, 0.2) is 11.5 Å². The molecule has 1 aliphatic heterocycles. The van der Waals surface area contributed by atoms with Crippen LogP contribution in [-0.4, -0.2) is 68.3 Å². The van der Waals surface area contributed by atoms with Gasteiger partial charge in [0.1, 0.15) is 41.2 Å². The molecule has 0 saturated carbocycles. The second-order valence-electron chi connectivity index (χ2n) is 10.7. The summed E-state index contributed by atoms with van der Waals surface area (Å²) in [6.07, 6.45) is 6.91. The number of nitrogens with zero attached hydrogens (tertiary/aromatic N) is 11. The van der Waals surface area contributed by atoms with Crippen LogP contribution >= 0.6 is 0 Å². The van der Waals surface area contributed by atoms with Gasteiger partial charge < -0.3 is 11.1 Å². The summed E-state index contributed by atoms with van der Waals surface area (Å²) in [6.45, 7) is 4.66. The fourth-order valence-electron chi connectivity index (χ4n) is 5.58. The van der Waals surface area contributed by atoms with Gasteiger partial charge in [-0.3, -0.25) is 14.0 Å². The van der Waals surface area contributed by atoms with Gasteiger partial charge >= 0.3 is 0 Å². The average Bonchev–Trinajstić information content (AvgIpc) is 3.65. The smallest absolute Gasteiger partial charge is 0.234 e. The summed E-state index contributed by atoms with van der Waals surface area (Å²) in [5.74, 6) is 3.39. The lowest BCUT2D eigenvalue weighted by atomic mass is 10.0. The van der Waals surface area contributed by atoms with Gasteiger partial charge in [-0.2, -0.15) is 5.26 Å². The van der Waals surface area contributed by atoms with Crippen molar-refractivity contribution in [3.63, 3.8) is 0 Å². The number of hydrogen-bond donors (Lipinski definition) is 2. The molecular weight excluding hydrogens is 554 g/mol. The van der Waals surface area contributed by atoms with E-state index >= 15 is 0 Å². The van der Waals surface area contributed by atoms with Gasteiger partial charge in [-0.15, -0.1) is 10.2 Å². The van der Waals surface area contributed by atoms with E-state index in [0.717, 1.165) is 55.1 Å². The molecule has 1 saturated heterocycles. The predicted molar refractivity (Wildman–Crippen MR) is 165 cm³/mol. The molecule has 6 aromatic rings. The summed E-state index contributed by atoms with van der Waals surface area (Å²) in [5, 5.41) is 20.6. The summed E-state index contributed by atoms with van der Waals surface area (Å²) in [6, 6.07) is 20.2. The Bertz CT molecular complexity index is 1980. The van der Waals surface area contributed by atoms with Crippen LogP contribution in [-0.2, 0) is 6.54 Å². The maximum absolute atomic E-state index is 9.06. The standard InChI is InChI=1S/C31H29N13/c1-20-41-36-19-43(20)28-9-8-25-31(40-28)44(30(38-25)24-3-2-13-35-29(24)33)23-6-4-21(5-7-23)18-42-15-11-22(12-16-42)37-26-10-14-34-27(17-32)39-26/h2-10,13-14,19,22H,11-12,15-16,18H2,1H3,(H2,33,35)(H,34,37,39). The number of fused-ring (bicyclic) bond motifs is 1. The fourth-order valence-corrected chi connectivity index (χ4v) is 5.58. The van der Waals surface area contributed by atoms with Gasteiger partial charge in [-0.05, 0) is 67.8 Å². The second kappa shape index (κ2) is 11.5. The second-order valence-corrected chi connectivity index (χ2v) is 10.7. The third-order valence-corrected chi connectivity index (χ3v) is 7.83. The molecule has 3 N–H and O–H groups in total. The van der Waals surface area contributed by atoms with Crippen LogP contribution in [0.25, 0.3) is 34.1 Å². The lowest BCUT2D eigenvalue weighted by Crippen LogP contribution is -2.38. The highest BCUT2D eigenvalue weighted by Crippen LogP contribution is 2.31. The SMILES string of the molecule is Cc1nncn1-c1ccc2nc(-c3cccnc3N)n(-c3ccc(CN4CCC(Nc5ccnc(C#N)n5)CC4)cc3)c2n1. The van der Waals surface area contributed by atoms with Gasteiger partial charge in [-0.25, -0.2) is 24.9 Å². The molecule has 7 rings (SSSR count). The zero-order valence-electron chi connectivity index (χ0n) is 24.0. The van der Waals surface area contributed by atoms with Crippen molar-refractivity contribution in [2.75, 3.05) is 24.1 Å². The number of anilines is 2. The number of nitrogens with two attached hydrogens (primary N) is 1. The highest BCUT2D eigenvalue weighted by atomic mass is 15.3. The van der Waals surface area contributed by atoms with Crippen molar-refractivity contribution in [3.05, 3.63) is 90.5 Å². The van der Waals surface area contributed by atoms with Gasteiger partial charge in [0.2, 0.25) is 5.82 Å². The maximum atomic E-state index is 9.06. The number of aromatic nitrogens is 9. The molecule has 1 aromatic carbocycles. The molecule has 0 atom stereocenters. The number of hydrogen-bond acceptors (Lipinski definition) is 11. The number of imidazole rings is 1. The minimum atomic E-state index is 0.178. The van der Waals surface area contributed by atoms with Gasteiger partial charge in [0.05, 0.1) is 5.56 Å². The van der Waals surface area contributed by atoms with E-state index < -0.39 is 0 Å². The van der Waals surface area contributed by atoms with E-state index in [1.54, 1.807) is 24.8 Å². The van der Waals surface area contributed by atoms with Crippen LogP contribution in [0.3, 0.4) is 0 Å². The molecule has 1 fully saturated rings. The van der Waals surface area contributed by atoms with Crippen LogP contribution in [0, 0.1) is 18.3 Å². The Morgan fingerprint density at radius 3 is 2.57 bits per heavy atom. The number of aryl methyl sites for hydroxylation is 1. The Kier molecular flexibility index (Phi) is 7.09. The first-order chi connectivity index (χ1) is 21.6. The summed E-state index contributed by atoms with van der Waals surface area (Å²) in [4.78, 5) is 24.9. The molecule has 44 heavy (non-hydrogen) atoms. The van der Waals surface area contributed by atoms with Crippen molar-refractivity contribution in [2.45, 2.75) is 32.4 Å². The minimum absolute atomic E-state index is 0.178. The van der Waals surface area contributed by atoms with E-state index in [1.807, 2.05) is 46.4 Å². The third-order valence-electron chi connectivity index (χ3n) is 7.83. The van der Waals surface area contributed by atoms with Crippen LogP contribution in [0.5, 0.6) is 0 Å². The molecule has 5 aromatic heterocycles. The molecule has 0 bridgehead atoms. The summed E-state index contributed by atoms with van der Waals surface area (Å²) < 4.78 is 3.87. The highest BCUT2D eigenvalue weighted by Gasteiger charge is 2.21. The molecule has 13 nitrogen and oxygen atoms in total. The van der Waals surface area contributed by atoms with E-state index in [0.29, 0.717) is 35.0 Å². The molecule has 0 spiro atoms. The molecule has 218 valence electrons. The lowest BCUT2D eigenvalue weighted by molar-refractivity contribution is 0.211. The largest absolute Gasteiger partial charge is 0.383 e. The van der Waals surface area contributed by atoms with Crippen molar-refractivity contribution in [1.29, 1.82) is 5.26 Å². The predicted octanol–water partition coefficient (Wildman–Crippen LogP) is 3.69. The molecule has 0 unspecified atom stereocenters. The number of nitrogen functional groups attached to an aromatic ring is 1.